The molecule has 1 aromatic rings. The molecule has 0 radical (unpaired) electrons. The maximum atomic E-state index is 12.6. The highest BCUT2D eigenvalue weighted by molar-refractivity contribution is 8.18. The molecule has 158 valence electrons. The van der Waals surface area contributed by atoms with Gasteiger partial charge in [0.25, 0.3) is 11.1 Å². The van der Waals surface area contributed by atoms with Crippen molar-refractivity contribution in [1.29, 1.82) is 0 Å². The third kappa shape index (κ3) is 6.52. The van der Waals surface area contributed by atoms with E-state index in [-0.39, 0.29) is 17.4 Å². The number of carbonyl (C=O) groups excluding carboxylic acids is 3. The molecule has 8 heteroatoms. The number of thioether (sulfide) groups is 1. The third-order valence-corrected chi connectivity index (χ3v) is 4.79. The quantitative estimate of drug-likeness (QED) is 0.581. The number of hydrogen-bond donors (Lipinski definition) is 1. The standard InChI is InChI=1S/C21H28N2O5S/c1-5-9-22-19(24)12-23-20(25)18(29-21(23)26)11-15-7-8-16(28-13-14(3)4)17(10-15)27-6-2/h7-8,10-11,14H,5-6,9,12-13H2,1-4H3,(H,22,24)/b18-11-. The Bertz CT molecular complexity index is 791. The normalized spacial score (nSPS) is 15.3. The summed E-state index contributed by atoms with van der Waals surface area (Å²) in [6, 6.07) is 5.38. The zero-order chi connectivity index (χ0) is 21.4. The van der Waals surface area contributed by atoms with E-state index in [1.165, 1.54) is 0 Å². The van der Waals surface area contributed by atoms with Crippen molar-refractivity contribution in [2.75, 3.05) is 26.3 Å². The van der Waals surface area contributed by atoms with Crippen LogP contribution in [0.25, 0.3) is 6.08 Å². The summed E-state index contributed by atoms with van der Waals surface area (Å²) in [7, 11) is 0. The maximum absolute atomic E-state index is 12.6. The predicted molar refractivity (Wildman–Crippen MR) is 114 cm³/mol. The second-order valence-electron chi connectivity index (χ2n) is 6.96. The maximum Gasteiger partial charge on any atom is 0.294 e. The molecule has 29 heavy (non-hydrogen) atoms. The molecule has 1 fully saturated rings. The van der Waals surface area contributed by atoms with Crippen LogP contribution in [0.4, 0.5) is 4.79 Å². The van der Waals surface area contributed by atoms with E-state index in [0.717, 1.165) is 23.1 Å². The number of carbonyl (C=O) groups is 3. The molecule has 1 saturated heterocycles. The van der Waals surface area contributed by atoms with Crippen LogP contribution in [0.5, 0.6) is 11.5 Å². The zero-order valence-corrected chi connectivity index (χ0v) is 18.1. The van der Waals surface area contributed by atoms with Gasteiger partial charge in [0.15, 0.2) is 11.5 Å². The van der Waals surface area contributed by atoms with Crippen LogP contribution in [0.15, 0.2) is 23.1 Å². The van der Waals surface area contributed by atoms with Crippen LogP contribution in [-0.2, 0) is 9.59 Å². The Labute approximate surface area is 175 Å². The Morgan fingerprint density at radius 2 is 1.97 bits per heavy atom. The van der Waals surface area contributed by atoms with Gasteiger partial charge < -0.3 is 14.8 Å². The molecule has 0 bridgehead atoms. The summed E-state index contributed by atoms with van der Waals surface area (Å²) in [5, 5.41) is 2.22. The van der Waals surface area contributed by atoms with E-state index in [9.17, 15) is 14.4 Å². The molecular weight excluding hydrogens is 392 g/mol. The summed E-state index contributed by atoms with van der Waals surface area (Å²) in [4.78, 5) is 37.8. The van der Waals surface area contributed by atoms with Gasteiger partial charge in [0.2, 0.25) is 5.91 Å². The molecule has 7 nitrogen and oxygen atoms in total. The molecule has 0 aromatic heterocycles. The van der Waals surface area contributed by atoms with Crippen LogP contribution in [0.1, 0.15) is 39.7 Å². The van der Waals surface area contributed by atoms with Crippen LogP contribution in [0, 0.1) is 5.92 Å². The van der Waals surface area contributed by atoms with E-state index >= 15 is 0 Å². The number of ether oxygens (including phenoxy) is 2. The molecule has 1 heterocycles. The predicted octanol–water partition coefficient (Wildman–Crippen LogP) is 3.68. The van der Waals surface area contributed by atoms with Crippen molar-refractivity contribution in [1.82, 2.24) is 10.2 Å². The molecule has 0 atom stereocenters. The molecule has 0 saturated carbocycles. The van der Waals surface area contributed by atoms with Crippen LogP contribution < -0.4 is 14.8 Å². The van der Waals surface area contributed by atoms with E-state index in [1.807, 2.05) is 13.8 Å². The minimum absolute atomic E-state index is 0.270. The summed E-state index contributed by atoms with van der Waals surface area (Å²) in [5.41, 5.74) is 0.714. The van der Waals surface area contributed by atoms with Crippen molar-refractivity contribution in [3.8, 4) is 11.5 Å². The van der Waals surface area contributed by atoms with Gasteiger partial charge in [-0.25, -0.2) is 0 Å². The fourth-order valence-electron chi connectivity index (χ4n) is 2.51. The number of nitrogens with zero attached hydrogens (tertiary/aromatic N) is 1. The molecule has 3 amide bonds. The van der Waals surface area contributed by atoms with Crippen LogP contribution in [0.2, 0.25) is 0 Å². The highest BCUT2D eigenvalue weighted by Crippen LogP contribution is 2.34. The lowest BCUT2D eigenvalue weighted by Crippen LogP contribution is -2.39. The van der Waals surface area contributed by atoms with Gasteiger partial charge in [-0.05, 0) is 54.8 Å². The van der Waals surface area contributed by atoms with E-state index in [2.05, 4.69) is 19.2 Å². The Morgan fingerprint density at radius 1 is 1.21 bits per heavy atom. The minimum atomic E-state index is -0.468. The number of nitrogens with one attached hydrogen (secondary N) is 1. The molecule has 1 aliphatic heterocycles. The van der Waals surface area contributed by atoms with Gasteiger partial charge in [0.05, 0.1) is 18.1 Å². The summed E-state index contributed by atoms with van der Waals surface area (Å²) < 4.78 is 11.4. The number of hydrogen-bond acceptors (Lipinski definition) is 6. The summed E-state index contributed by atoms with van der Waals surface area (Å²) in [6.45, 7) is 9.22. The average molecular weight is 421 g/mol. The van der Waals surface area contributed by atoms with Crippen molar-refractivity contribution < 1.29 is 23.9 Å². The molecule has 1 N–H and O–H groups in total. The van der Waals surface area contributed by atoms with Gasteiger partial charge >= 0.3 is 0 Å². The number of imide groups is 1. The fraction of sp³-hybridized carbons (Fsp3) is 0.476. The molecule has 0 spiro atoms. The molecular formula is C21H28N2O5S. The van der Waals surface area contributed by atoms with Crippen LogP contribution >= 0.6 is 11.8 Å². The monoisotopic (exact) mass is 420 g/mol. The zero-order valence-electron chi connectivity index (χ0n) is 17.3. The van der Waals surface area contributed by atoms with Gasteiger partial charge in [-0.2, -0.15) is 0 Å². The lowest BCUT2D eigenvalue weighted by atomic mass is 10.1. The smallest absolute Gasteiger partial charge is 0.294 e. The van der Waals surface area contributed by atoms with Crippen molar-refractivity contribution in [2.24, 2.45) is 5.92 Å². The molecule has 1 aromatic carbocycles. The first kappa shape index (κ1) is 22.8. The lowest BCUT2D eigenvalue weighted by Gasteiger charge is -2.14. The van der Waals surface area contributed by atoms with Crippen molar-refractivity contribution in [2.45, 2.75) is 34.1 Å². The number of amides is 3. The first-order chi connectivity index (χ1) is 13.8. The molecule has 0 unspecified atom stereocenters. The Morgan fingerprint density at radius 3 is 2.62 bits per heavy atom. The second kappa shape index (κ2) is 10.9. The largest absolute Gasteiger partial charge is 0.490 e. The first-order valence-corrected chi connectivity index (χ1v) is 10.6. The highest BCUT2D eigenvalue weighted by Gasteiger charge is 2.36. The van der Waals surface area contributed by atoms with E-state index in [1.54, 1.807) is 24.3 Å². The topological polar surface area (TPSA) is 84.9 Å². The number of rotatable bonds is 10. The minimum Gasteiger partial charge on any atom is -0.490 e. The summed E-state index contributed by atoms with van der Waals surface area (Å²) in [6.07, 6.45) is 2.41. The van der Waals surface area contributed by atoms with Gasteiger partial charge in [0, 0.05) is 6.54 Å². The summed E-state index contributed by atoms with van der Waals surface area (Å²) in [5.74, 6) is 0.786. The number of benzene rings is 1. The molecule has 2 rings (SSSR count). The highest BCUT2D eigenvalue weighted by atomic mass is 32.2. The van der Waals surface area contributed by atoms with Crippen molar-refractivity contribution in [3.63, 3.8) is 0 Å². The third-order valence-electron chi connectivity index (χ3n) is 3.89. The first-order valence-electron chi connectivity index (χ1n) is 9.77. The fourth-order valence-corrected chi connectivity index (χ4v) is 3.35. The van der Waals surface area contributed by atoms with Crippen molar-refractivity contribution >= 4 is 34.9 Å². The van der Waals surface area contributed by atoms with Gasteiger partial charge in [0.1, 0.15) is 6.54 Å². The van der Waals surface area contributed by atoms with Gasteiger partial charge in [-0.15, -0.1) is 0 Å². The van der Waals surface area contributed by atoms with E-state index in [4.69, 9.17) is 9.47 Å². The summed E-state index contributed by atoms with van der Waals surface area (Å²) >= 11 is 0.827. The average Bonchev–Trinajstić information content (AvgIpc) is 2.93. The van der Waals surface area contributed by atoms with Crippen LogP contribution in [-0.4, -0.2) is 48.3 Å². The van der Waals surface area contributed by atoms with Crippen LogP contribution in [0.3, 0.4) is 0 Å². The second-order valence-corrected chi connectivity index (χ2v) is 7.96. The Kier molecular flexibility index (Phi) is 8.57. The Balaban J connectivity index is 2.16. The van der Waals surface area contributed by atoms with E-state index < -0.39 is 11.1 Å². The van der Waals surface area contributed by atoms with Crippen molar-refractivity contribution in [3.05, 3.63) is 28.7 Å². The molecule has 1 aliphatic rings. The van der Waals surface area contributed by atoms with Gasteiger partial charge in [-0.1, -0.05) is 26.8 Å². The SMILES string of the molecule is CCCNC(=O)CN1C(=O)S/C(=C\c2ccc(OCC(C)C)c(OCC)c2)C1=O. The van der Waals surface area contributed by atoms with E-state index in [0.29, 0.717) is 42.7 Å². The lowest BCUT2D eigenvalue weighted by molar-refractivity contribution is -0.129. The van der Waals surface area contributed by atoms with Gasteiger partial charge in [-0.3, -0.25) is 19.3 Å². The Hall–Kier alpha value is -2.48. The molecule has 0 aliphatic carbocycles.